The first-order valence-corrected chi connectivity index (χ1v) is 10.1. The third-order valence-electron chi connectivity index (χ3n) is 3.94. The van der Waals surface area contributed by atoms with E-state index in [9.17, 15) is 0 Å². The molecule has 3 rings (SSSR count). The van der Waals surface area contributed by atoms with Crippen LogP contribution >= 0.6 is 0 Å². The molecule has 0 aliphatic carbocycles. The topological polar surface area (TPSA) is 36.3 Å². The molecule has 126 valence electrons. The van der Waals surface area contributed by atoms with Crippen molar-refractivity contribution in [2.75, 3.05) is 14.2 Å². The van der Waals surface area contributed by atoms with Gasteiger partial charge in [0.15, 0.2) is 0 Å². The van der Waals surface area contributed by atoms with Crippen LogP contribution in [0.5, 0.6) is 11.5 Å². The van der Waals surface area contributed by atoms with E-state index in [1.54, 1.807) is 14.2 Å². The number of imidazole rings is 1. The summed E-state index contributed by atoms with van der Waals surface area (Å²) >= 11 is 0.569. The molecule has 0 N–H and O–H groups in total. The van der Waals surface area contributed by atoms with Gasteiger partial charge in [-0.15, -0.1) is 0 Å². The summed E-state index contributed by atoms with van der Waals surface area (Å²) in [6, 6.07) is 14.6. The number of ether oxygens (including phenoxy) is 2. The van der Waals surface area contributed by atoms with Gasteiger partial charge in [0.2, 0.25) is 0 Å². The summed E-state index contributed by atoms with van der Waals surface area (Å²) in [7, 11) is 3.37. The Bertz CT molecular complexity index is 787. The van der Waals surface area contributed by atoms with E-state index in [1.165, 1.54) is 16.2 Å². The van der Waals surface area contributed by atoms with Gasteiger partial charge >= 0.3 is 149 Å². The van der Waals surface area contributed by atoms with Gasteiger partial charge in [0.1, 0.15) is 0 Å². The van der Waals surface area contributed by atoms with E-state index < -0.39 is 0 Å². The fourth-order valence-electron chi connectivity index (χ4n) is 2.72. The number of methoxy groups -OCH3 is 2. The minimum absolute atomic E-state index is 0.569. The predicted octanol–water partition coefficient (Wildman–Crippen LogP) is 3.28. The van der Waals surface area contributed by atoms with Gasteiger partial charge in [-0.3, -0.25) is 0 Å². The fraction of sp³-hybridized carbons (Fsp3) is 0.316. The molecule has 0 saturated heterocycles. The number of aryl methyl sites for hydroxylation is 1. The van der Waals surface area contributed by atoms with Gasteiger partial charge < -0.3 is 0 Å². The van der Waals surface area contributed by atoms with Crippen molar-refractivity contribution in [3.05, 3.63) is 48.8 Å². The number of fused-ring (bicyclic) bond motifs is 1. The molecule has 3 aromatic rings. The zero-order valence-electron chi connectivity index (χ0n) is 14.1. The van der Waals surface area contributed by atoms with Gasteiger partial charge in [-0.25, -0.2) is 0 Å². The van der Waals surface area contributed by atoms with E-state index in [2.05, 4.69) is 39.9 Å². The van der Waals surface area contributed by atoms with Crippen LogP contribution in [0.3, 0.4) is 0 Å². The summed E-state index contributed by atoms with van der Waals surface area (Å²) in [5, 5.41) is 1.27. The zero-order valence-corrected chi connectivity index (χ0v) is 15.8. The summed E-state index contributed by atoms with van der Waals surface area (Å²) in [4.78, 5) is 4.51. The monoisotopic (exact) mass is 390 g/mol. The summed E-state index contributed by atoms with van der Waals surface area (Å²) in [6.45, 7) is 0.949. The third-order valence-corrected chi connectivity index (χ3v) is 6.24. The Morgan fingerprint density at radius 1 is 0.958 bits per heavy atom. The molecule has 0 bridgehead atoms. The van der Waals surface area contributed by atoms with E-state index in [-0.39, 0.29) is 0 Å². The van der Waals surface area contributed by atoms with Gasteiger partial charge in [0.05, 0.1) is 0 Å². The molecule has 1 heterocycles. The minimum atomic E-state index is 0.569. The molecule has 2 aromatic carbocycles. The number of rotatable bonds is 8. The average Bonchev–Trinajstić information content (AvgIpc) is 3.06. The van der Waals surface area contributed by atoms with Crippen molar-refractivity contribution in [1.29, 1.82) is 0 Å². The van der Waals surface area contributed by atoms with Crippen LogP contribution in [0.1, 0.15) is 12.8 Å². The molecule has 5 heteroatoms. The third kappa shape index (κ3) is 3.74. The molecular formula is C19H22N2O2Se. The zero-order chi connectivity index (χ0) is 16.8. The van der Waals surface area contributed by atoms with Crippen LogP contribution in [-0.2, 0) is 6.54 Å². The van der Waals surface area contributed by atoms with Crippen molar-refractivity contribution in [2.24, 2.45) is 0 Å². The molecule has 1 aromatic heterocycles. The molecule has 4 nitrogen and oxygen atoms in total. The van der Waals surface area contributed by atoms with E-state index in [1.807, 2.05) is 18.5 Å². The van der Waals surface area contributed by atoms with E-state index in [0.717, 1.165) is 35.5 Å². The Morgan fingerprint density at radius 3 is 2.46 bits per heavy atom. The standard InChI is InChI=1S/C19H22N2O2Se/c1-22-16-10-11-17(23-2)19-18(16)20-14-21(19)12-6-7-13-24-15-8-4-3-5-9-15/h3-5,8-11,14H,6-7,12-13H2,1-2H3. The molecule has 0 fully saturated rings. The number of hydrogen-bond donors (Lipinski definition) is 0. The van der Waals surface area contributed by atoms with Crippen molar-refractivity contribution < 1.29 is 9.47 Å². The van der Waals surface area contributed by atoms with Crippen molar-refractivity contribution in [3.8, 4) is 11.5 Å². The number of hydrogen-bond acceptors (Lipinski definition) is 3. The molecule has 0 aliphatic rings. The van der Waals surface area contributed by atoms with Crippen LogP contribution in [0.4, 0.5) is 0 Å². The Balaban J connectivity index is 1.61. The van der Waals surface area contributed by atoms with Crippen molar-refractivity contribution in [1.82, 2.24) is 9.55 Å². The summed E-state index contributed by atoms with van der Waals surface area (Å²) in [5.74, 6) is 1.63. The SMILES string of the molecule is COc1ccc(OC)c2c1ncn2CCCC[Se]c1ccccc1. The first-order chi connectivity index (χ1) is 11.8. The summed E-state index contributed by atoms with van der Waals surface area (Å²) in [5.41, 5.74) is 1.88. The molecule has 0 saturated carbocycles. The molecule has 0 atom stereocenters. The molecule has 24 heavy (non-hydrogen) atoms. The molecular weight excluding hydrogens is 367 g/mol. The van der Waals surface area contributed by atoms with Crippen LogP contribution in [-0.4, -0.2) is 38.7 Å². The van der Waals surface area contributed by atoms with E-state index in [4.69, 9.17) is 9.47 Å². The maximum absolute atomic E-state index is 5.50. The molecule has 0 aliphatic heterocycles. The number of unbranched alkanes of at least 4 members (excludes halogenated alkanes) is 1. The molecule has 0 spiro atoms. The van der Waals surface area contributed by atoms with Gasteiger partial charge in [0, 0.05) is 0 Å². The maximum atomic E-state index is 5.50. The van der Waals surface area contributed by atoms with Crippen LogP contribution in [0.2, 0.25) is 5.32 Å². The van der Waals surface area contributed by atoms with Crippen LogP contribution in [0, 0.1) is 0 Å². The quantitative estimate of drug-likeness (QED) is 0.438. The van der Waals surface area contributed by atoms with Crippen molar-refractivity contribution in [2.45, 2.75) is 24.7 Å². The fourth-order valence-corrected chi connectivity index (χ4v) is 4.68. The van der Waals surface area contributed by atoms with Gasteiger partial charge in [-0.2, -0.15) is 0 Å². The van der Waals surface area contributed by atoms with E-state index in [0.29, 0.717) is 15.0 Å². The van der Waals surface area contributed by atoms with E-state index >= 15 is 0 Å². The average molecular weight is 389 g/mol. The second kappa shape index (κ2) is 8.22. The number of nitrogens with zero attached hydrogens (tertiary/aromatic N) is 2. The Morgan fingerprint density at radius 2 is 1.71 bits per heavy atom. The first-order valence-electron chi connectivity index (χ1n) is 8.07. The van der Waals surface area contributed by atoms with Crippen molar-refractivity contribution >= 4 is 30.5 Å². The normalized spacial score (nSPS) is 10.9. The summed E-state index contributed by atoms with van der Waals surface area (Å²) in [6.07, 6.45) is 4.25. The predicted molar refractivity (Wildman–Crippen MR) is 98.7 cm³/mol. The second-order valence-electron chi connectivity index (χ2n) is 5.47. The summed E-state index contributed by atoms with van der Waals surface area (Å²) < 4.78 is 14.6. The Kier molecular flexibility index (Phi) is 5.78. The molecule has 0 radical (unpaired) electrons. The number of benzene rings is 2. The van der Waals surface area contributed by atoms with Crippen LogP contribution < -0.4 is 13.9 Å². The van der Waals surface area contributed by atoms with Crippen molar-refractivity contribution in [3.63, 3.8) is 0 Å². The van der Waals surface area contributed by atoms with Gasteiger partial charge in [0.25, 0.3) is 0 Å². The first kappa shape index (κ1) is 16.9. The molecule has 0 unspecified atom stereocenters. The Labute approximate surface area is 149 Å². The van der Waals surface area contributed by atoms with Crippen LogP contribution in [0.25, 0.3) is 11.0 Å². The second-order valence-corrected chi connectivity index (χ2v) is 7.93. The van der Waals surface area contributed by atoms with Gasteiger partial charge in [-0.1, -0.05) is 0 Å². The Hall–Kier alpha value is -1.97. The molecule has 0 amide bonds. The van der Waals surface area contributed by atoms with Gasteiger partial charge in [-0.05, 0) is 0 Å². The number of aromatic nitrogens is 2. The van der Waals surface area contributed by atoms with Crippen LogP contribution in [0.15, 0.2) is 48.8 Å².